The lowest BCUT2D eigenvalue weighted by atomic mass is 9.76. The molecular formula is C16H29N. The molecule has 0 heterocycles. The van der Waals surface area contributed by atoms with Crippen LogP contribution in [0.3, 0.4) is 0 Å². The van der Waals surface area contributed by atoms with Crippen LogP contribution in [-0.4, -0.2) is 12.6 Å². The van der Waals surface area contributed by atoms with E-state index in [1.54, 1.807) is 0 Å². The van der Waals surface area contributed by atoms with Gasteiger partial charge in [-0.1, -0.05) is 46.0 Å². The molecule has 1 heteroatoms. The maximum atomic E-state index is 5.47. The number of nitrogens with one attached hydrogen (secondary N) is 1. The summed E-state index contributed by atoms with van der Waals surface area (Å²) >= 11 is 0. The molecule has 1 aliphatic carbocycles. The molecule has 1 saturated carbocycles. The Kier molecular flexibility index (Phi) is 7.37. The first-order chi connectivity index (χ1) is 8.31. The van der Waals surface area contributed by atoms with Crippen molar-refractivity contribution in [3.8, 4) is 12.3 Å². The minimum atomic E-state index is 0.567. The largest absolute Gasteiger partial charge is 0.313 e. The summed E-state index contributed by atoms with van der Waals surface area (Å²) in [6.45, 7) is 5.51. The molecule has 0 spiro atoms. The van der Waals surface area contributed by atoms with Gasteiger partial charge in [-0.05, 0) is 31.2 Å². The molecule has 1 fully saturated rings. The molecule has 1 nitrogen and oxygen atoms in total. The Balaban J connectivity index is 2.31. The quantitative estimate of drug-likeness (QED) is 0.658. The van der Waals surface area contributed by atoms with Crippen molar-refractivity contribution in [3.63, 3.8) is 0 Å². The van der Waals surface area contributed by atoms with E-state index in [4.69, 9.17) is 6.42 Å². The summed E-state index contributed by atoms with van der Waals surface area (Å²) in [5.74, 6) is 4.66. The van der Waals surface area contributed by atoms with Gasteiger partial charge in [0.05, 0.1) is 0 Å². The van der Waals surface area contributed by atoms with Gasteiger partial charge in [-0.3, -0.25) is 0 Å². The molecule has 0 radical (unpaired) electrons. The minimum absolute atomic E-state index is 0.567. The third-order valence-corrected chi connectivity index (χ3v) is 4.23. The topological polar surface area (TPSA) is 12.0 Å². The zero-order valence-corrected chi connectivity index (χ0v) is 11.7. The second-order valence-electron chi connectivity index (χ2n) is 5.50. The average Bonchev–Trinajstić information content (AvgIpc) is 2.37. The molecule has 1 rings (SSSR count). The van der Waals surface area contributed by atoms with Crippen LogP contribution in [0.25, 0.3) is 0 Å². The summed E-state index contributed by atoms with van der Waals surface area (Å²) < 4.78 is 0. The fraction of sp³-hybridized carbons (Fsp3) is 0.875. The van der Waals surface area contributed by atoms with Crippen LogP contribution >= 0.6 is 0 Å². The van der Waals surface area contributed by atoms with Crippen molar-refractivity contribution in [1.29, 1.82) is 0 Å². The summed E-state index contributed by atoms with van der Waals surface area (Å²) in [5, 5.41) is 3.57. The van der Waals surface area contributed by atoms with Gasteiger partial charge in [0.25, 0.3) is 0 Å². The monoisotopic (exact) mass is 235 g/mol. The molecule has 1 unspecified atom stereocenters. The normalized spacial score (nSPS) is 26.4. The Morgan fingerprint density at radius 1 is 1.24 bits per heavy atom. The number of terminal acetylenes is 1. The highest BCUT2D eigenvalue weighted by Crippen LogP contribution is 2.34. The Morgan fingerprint density at radius 2 is 1.94 bits per heavy atom. The number of rotatable bonds is 7. The van der Waals surface area contributed by atoms with Crippen molar-refractivity contribution in [1.82, 2.24) is 5.32 Å². The summed E-state index contributed by atoms with van der Waals surface area (Å²) in [4.78, 5) is 0. The van der Waals surface area contributed by atoms with Gasteiger partial charge in [0.2, 0.25) is 0 Å². The predicted octanol–water partition coefficient (Wildman–Crippen LogP) is 3.98. The third-order valence-electron chi connectivity index (χ3n) is 4.23. The maximum Gasteiger partial charge on any atom is 0.0243 e. The Hall–Kier alpha value is -0.480. The van der Waals surface area contributed by atoms with Gasteiger partial charge in [-0.15, -0.1) is 12.3 Å². The lowest BCUT2D eigenvalue weighted by molar-refractivity contribution is 0.215. The Bertz CT molecular complexity index is 220. The second-order valence-corrected chi connectivity index (χ2v) is 5.50. The van der Waals surface area contributed by atoms with E-state index in [9.17, 15) is 0 Å². The van der Waals surface area contributed by atoms with Crippen LogP contribution in [0.5, 0.6) is 0 Å². The fourth-order valence-corrected chi connectivity index (χ4v) is 3.17. The molecule has 0 aromatic rings. The van der Waals surface area contributed by atoms with E-state index in [0.717, 1.165) is 24.8 Å². The van der Waals surface area contributed by atoms with E-state index < -0.39 is 0 Å². The first-order valence-corrected chi connectivity index (χ1v) is 7.48. The number of hydrogen-bond acceptors (Lipinski definition) is 1. The first kappa shape index (κ1) is 14.6. The summed E-state index contributed by atoms with van der Waals surface area (Å²) in [7, 11) is 0. The van der Waals surface area contributed by atoms with Crippen LogP contribution in [0.4, 0.5) is 0 Å². The molecular weight excluding hydrogens is 206 g/mol. The van der Waals surface area contributed by atoms with E-state index in [1.807, 2.05) is 0 Å². The van der Waals surface area contributed by atoms with Crippen LogP contribution in [0, 0.1) is 24.2 Å². The number of hydrogen-bond donors (Lipinski definition) is 1. The minimum Gasteiger partial charge on any atom is -0.313 e. The highest BCUT2D eigenvalue weighted by atomic mass is 14.9. The first-order valence-electron chi connectivity index (χ1n) is 7.48. The molecule has 0 aliphatic heterocycles. The van der Waals surface area contributed by atoms with Gasteiger partial charge in [-0.2, -0.15) is 0 Å². The number of unbranched alkanes of at least 4 members (excludes halogenated alkanes) is 1. The molecule has 0 amide bonds. The fourth-order valence-electron chi connectivity index (χ4n) is 3.17. The SMILES string of the molecule is C#CCC(NCC)C1CCC(CCCC)CC1. The van der Waals surface area contributed by atoms with Gasteiger partial charge in [0.15, 0.2) is 0 Å². The molecule has 1 N–H and O–H groups in total. The molecule has 0 aromatic heterocycles. The molecule has 1 aliphatic rings. The Labute approximate surface area is 108 Å². The summed E-state index contributed by atoms with van der Waals surface area (Å²) in [5.41, 5.74) is 0. The molecule has 17 heavy (non-hydrogen) atoms. The Morgan fingerprint density at radius 3 is 2.47 bits per heavy atom. The molecule has 98 valence electrons. The molecule has 0 aromatic carbocycles. The second kappa shape index (κ2) is 8.59. The van der Waals surface area contributed by atoms with Crippen molar-refractivity contribution < 1.29 is 0 Å². The van der Waals surface area contributed by atoms with Gasteiger partial charge in [-0.25, -0.2) is 0 Å². The van der Waals surface area contributed by atoms with Crippen LogP contribution in [0.15, 0.2) is 0 Å². The highest BCUT2D eigenvalue weighted by Gasteiger charge is 2.26. The van der Waals surface area contributed by atoms with Crippen LogP contribution < -0.4 is 5.32 Å². The van der Waals surface area contributed by atoms with E-state index in [-0.39, 0.29) is 0 Å². The zero-order chi connectivity index (χ0) is 12.5. The maximum absolute atomic E-state index is 5.47. The predicted molar refractivity (Wildman–Crippen MR) is 75.9 cm³/mol. The van der Waals surface area contributed by atoms with Crippen molar-refractivity contribution in [2.75, 3.05) is 6.54 Å². The lowest BCUT2D eigenvalue weighted by Gasteiger charge is -2.33. The van der Waals surface area contributed by atoms with Crippen molar-refractivity contribution in [2.45, 2.75) is 71.3 Å². The van der Waals surface area contributed by atoms with Crippen LogP contribution in [0.2, 0.25) is 0 Å². The van der Waals surface area contributed by atoms with E-state index in [1.165, 1.54) is 44.9 Å². The highest BCUT2D eigenvalue weighted by molar-refractivity contribution is 4.93. The van der Waals surface area contributed by atoms with E-state index in [2.05, 4.69) is 25.1 Å². The standard InChI is InChI=1S/C16H29N/c1-4-7-9-14-10-12-15(13-11-14)16(8-5-2)17-6-3/h2,14-17H,4,6-13H2,1,3H3. The smallest absolute Gasteiger partial charge is 0.0243 e. The van der Waals surface area contributed by atoms with Crippen molar-refractivity contribution in [2.24, 2.45) is 11.8 Å². The summed E-state index contributed by atoms with van der Waals surface area (Å²) in [6.07, 6.45) is 16.2. The van der Waals surface area contributed by atoms with E-state index >= 15 is 0 Å². The van der Waals surface area contributed by atoms with Crippen LogP contribution in [-0.2, 0) is 0 Å². The van der Waals surface area contributed by atoms with Crippen molar-refractivity contribution >= 4 is 0 Å². The van der Waals surface area contributed by atoms with Gasteiger partial charge in [0.1, 0.15) is 0 Å². The molecule has 0 bridgehead atoms. The lowest BCUT2D eigenvalue weighted by Crippen LogP contribution is -2.37. The third kappa shape index (κ3) is 5.13. The van der Waals surface area contributed by atoms with Gasteiger partial charge >= 0.3 is 0 Å². The average molecular weight is 235 g/mol. The van der Waals surface area contributed by atoms with E-state index in [0.29, 0.717) is 6.04 Å². The van der Waals surface area contributed by atoms with Gasteiger partial charge in [0, 0.05) is 12.5 Å². The molecule has 0 saturated heterocycles. The van der Waals surface area contributed by atoms with Gasteiger partial charge < -0.3 is 5.32 Å². The summed E-state index contributed by atoms with van der Waals surface area (Å²) in [6, 6.07) is 0.567. The molecule has 1 atom stereocenters. The van der Waals surface area contributed by atoms with Crippen molar-refractivity contribution in [3.05, 3.63) is 0 Å². The van der Waals surface area contributed by atoms with Crippen LogP contribution in [0.1, 0.15) is 65.2 Å². The zero-order valence-electron chi connectivity index (χ0n) is 11.7.